The van der Waals surface area contributed by atoms with Gasteiger partial charge in [-0.05, 0) is 73.8 Å². The van der Waals surface area contributed by atoms with Crippen molar-refractivity contribution < 1.29 is 23.1 Å². The van der Waals surface area contributed by atoms with Gasteiger partial charge in [-0.25, -0.2) is 8.42 Å². The van der Waals surface area contributed by atoms with Crippen LogP contribution >= 0.6 is 11.6 Å². The first-order valence-electron chi connectivity index (χ1n) is 10.9. The van der Waals surface area contributed by atoms with Crippen molar-refractivity contribution >= 4 is 27.4 Å². The quantitative estimate of drug-likeness (QED) is 0.253. The third-order valence-corrected chi connectivity index (χ3v) is 7.63. The second-order valence-electron chi connectivity index (χ2n) is 8.10. The number of hydrogen-bond acceptors (Lipinski definition) is 6. The van der Waals surface area contributed by atoms with Crippen LogP contribution < -0.4 is 10.1 Å². The molecule has 0 unspecified atom stereocenters. The van der Waals surface area contributed by atoms with Gasteiger partial charge in [-0.3, -0.25) is 4.79 Å². The Kier molecular flexibility index (Phi) is 8.49. The number of carbonyl (C=O) groups is 1. The maximum atomic E-state index is 13.2. The molecule has 0 radical (unpaired) electrons. The molecule has 0 bridgehead atoms. The monoisotopic (exact) mass is 501 g/mol. The smallest absolute Gasteiger partial charge is 0.308 e. The minimum atomic E-state index is -3.78. The molecule has 0 aliphatic heterocycles. The van der Waals surface area contributed by atoms with Crippen molar-refractivity contribution in [1.29, 1.82) is 0 Å². The van der Waals surface area contributed by atoms with E-state index in [4.69, 9.17) is 16.3 Å². The van der Waals surface area contributed by atoms with Gasteiger partial charge in [0.25, 0.3) is 0 Å². The van der Waals surface area contributed by atoms with Crippen LogP contribution in [-0.2, 0) is 21.1 Å². The summed E-state index contributed by atoms with van der Waals surface area (Å²) in [4.78, 5) is 11.7. The van der Waals surface area contributed by atoms with Crippen LogP contribution in [0.15, 0.2) is 70.5 Å². The highest BCUT2D eigenvalue weighted by Gasteiger charge is 2.23. The molecule has 0 amide bonds. The van der Waals surface area contributed by atoms with Crippen molar-refractivity contribution in [3.8, 4) is 5.75 Å². The fourth-order valence-electron chi connectivity index (χ4n) is 3.67. The number of nitrogens with one attached hydrogen (secondary N) is 1. The Labute approximate surface area is 205 Å². The highest BCUT2D eigenvalue weighted by atomic mass is 35.5. The maximum Gasteiger partial charge on any atom is 0.308 e. The molecule has 0 heterocycles. The first kappa shape index (κ1) is 25.9. The summed E-state index contributed by atoms with van der Waals surface area (Å²) >= 11 is 5.96. The number of carbonyl (C=O) groups excluding carboxylic acids is 1. The molecule has 0 aliphatic rings. The minimum absolute atomic E-state index is 0.110. The molecule has 2 N–H and O–H groups in total. The van der Waals surface area contributed by atoms with Crippen LogP contribution in [0.4, 0.5) is 0 Å². The van der Waals surface area contributed by atoms with Gasteiger partial charge in [-0.2, -0.15) is 0 Å². The van der Waals surface area contributed by atoms with E-state index in [1.165, 1.54) is 13.0 Å². The van der Waals surface area contributed by atoms with E-state index in [2.05, 4.69) is 5.32 Å². The molecular formula is C26H28ClNO5S. The van der Waals surface area contributed by atoms with E-state index in [0.29, 0.717) is 35.7 Å². The highest BCUT2D eigenvalue weighted by molar-refractivity contribution is 7.91. The molecule has 180 valence electrons. The van der Waals surface area contributed by atoms with Gasteiger partial charge in [-0.15, -0.1) is 0 Å². The van der Waals surface area contributed by atoms with Gasteiger partial charge in [0, 0.05) is 24.1 Å². The zero-order valence-electron chi connectivity index (χ0n) is 19.3. The molecule has 3 rings (SSSR count). The molecule has 0 saturated carbocycles. The largest absolute Gasteiger partial charge is 0.426 e. The van der Waals surface area contributed by atoms with E-state index in [-0.39, 0.29) is 15.5 Å². The zero-order valence-corrected chi connectivity index (χ0v) is 20.9. The predicted octanol–water partition coefficient (Wildman–Crippen LogP) is 4.58. The molecule has 0 saturated heterocycles. The van der Waals surface area contributed by atoms with Crippen LogP contribution in [-0.4, -0.2) is 32.6 Å². The van der Waals surface area contributed by atoms with Crippen molar-refractivity contribution in [2.45, 2.75) is 43.1 Å². The number of ether oxygens (including phenoxy) is 1. The Balaban J connectivity index is 1.64. The number of sulfone groups is 1. The Morgan fingerprint density at radius 1 is 1.09 bits per heavy atom. The van der Waals surface area contributed by atoms with Crippen LogP contribution in [0.3, 0.4) is 0 Å². The average Bonchev–Trinajstić information content (AvgIpc) is 2.79. The Morgan fingerprint density at radius 2 is 1.79 bits per heavy atom. The number of benzene rings is 3. The first-order chi connectivity index (χ1) is 16.1. The van der Waals surface area contributed by atoms with Gasteiger partial charge in [0.2, 0.25) is 9.84 Å². The van der Waals surface area contributed by atoms with E-state index in [9.17, 15) is 18.3 Å². The third kappa shape index (κ3) is 6.24. The molecule has 3 aromatic rings. The van der Waals surface area contributed by atoms with Crippen molar-refractivity contribution in [2.75, 3.05) is 13.1 Å². The summed E-state index contributed by atoms with van der Waals surface area (Å²) in [5.74, 6) is -0.227. The summed E-state index contributed by atoms with van der Waals surface area (Å²) in [7, 11) is -3.78. The molecule has 3 aromatic carbocycles. The molecular weight excluding hydrogens is 474 g/mol. The number of aryl methyl sites for hydroxylation is 1. The van der Waals surface area contributed by atoms with Gasteiger partial charge in [0.1, 0.15) is 5.75 Å². The summed E-state index contributed by atoms with van der Waals surface area (Å²) in [6.45, 7) is 5.68. The van der Waals surface area contributed by atoms with Crippen LogP contribution in [0.25, 0.3) is 0 Å². The number of halogens is 1. The number of rotatable bonds is 9. The Hall–Kier alpha value is -2.71. The molecule has 0 aromatic heterocycles. The molecule has 0 fully saturated rings. The van der Waals surface area contributed by atoms with E-state index in [1.54, 1.807) is 62.4 Å². The lowest BCUT2D eigenvalue weighted by Crippen LogP contribution is -2.23. The molecule has 8 heteroatoms. The van der Waals surface area contributed by atoms with Gasteiger partial charge in [0.15, 0.2) is 0 Å². The number of esters is 1. The topological polar surface area (TPSA) is 92.7 Å². The van der Waals surface area contributed by atoms with Gasteiger partial charge < -0.3 is 15.2 Å². The third-order valence-electron chi connectivity index (χ3n) is 5.48. The van der Waals surface area contributed by atoms with Gasteiger partial charge >= 0.3 is 5.97 Å². The second kappa shape index (κ2) is 11.1. The van der Waals surface area contributed by atoms with Gasteiger partial charge in [0.05, 0.1) is 15.9 Å². The van der Waals surface area contributed by atoms with Crippen molar-refractivity contribution in [3.63, 3.8) is 0 Å². The lowest BCUT2D eigenvalue weighted by molar-refractivity contribution is -0.132. The van der Waals surface area contributed by atoms with Crippen molar-refractivity contribution in [1.82, 2.24) is 5.32 Å². The van der Waals surface area contributed by atoms with Crippen molar-refractivity contribution in [3.05, 3.63) is 87.9 Å². The average molecular weight is 502 g/mol. The summed E-state index contributed by atoms with van der Waals surface area (Å²) < 4.78 is 31.7. The number of hydrogen-bond donors (Lipinski definition) is 2. The van der Waals surface area contributed by atoms with E-state index >= 15 is 0 Å². The number of aliphatic hydroxyl groups excluding tert-OH is 1. The molecule has 6 nitrogen and oxygen atoms in total. The summed E-state index contributed by atoms with van der Waals surface area (Å²) in [6.07, 6.45) is 0.00351. The van der Waals surface area contributed by atoms with E-state index in [1.807, 2.05) is 6.07 Å². The predicted molar refractivity (Wildman–Crippen MR) is 132 cm³/mol. The van der Waals surface area contributed by atoms with Gasteiger partial charge in [-0.1, -0.05) is 41.9 Å². The highest BCUT2D eigenvalue weighted by Crippen LogP contribution is 2.32. The summed E-state index contributed by atoms with van der Waals surface area (Å²) in [5, 5.41) is 14.1. The zero-order chi connectivity index (χ0) is 24.9. The first-order valence-corrected chi connectivity index (χ1v) is 12.7. The van der Waals surface area contributed by atoms with Crippen LogP contribution in [0.2, 0.25) is 5.02 Å². The molecule has 1 atom stereocenters. The lowest BCUT2D eigenvalue weighted by atomic mass is 10.1. The van der Waals surface area contributed by atoms with Crippen molar-refractivity contribution in [2.24, 2.45) is 0 Å². The lowest BCUT2D eigenvalue weighted by Gasteiger charge is -2.14. The summed E-state index contributed by atoms with van der Waals surface area (Å²) in [5.41, 5.74) is 2.81. The molecule has 0 spiro atoms. The number of aliphatic hydroxyl groups is 1. The van der Waals surface area contributed by atoms with Crippen LogP contribution in [0.1, 0.15) is 35.3 Å². The van der Waals surface area contributed by atoms with E-state index in [0.717, 1.165) is 11.1 Å². The van der Waals surface area contributed by atoms with E-state index < -0.39 is 21.9 Å². The molecule has 34 heavy (non-hydrogen) atoms. The SMILES string of the molecule is CC(=O)Oc1c(C)ccc(S(=O)(=O)c2ccc(CCNC[C@@H](O)c3cccc(Cl)c3)cc2)c1C. The Morgan fingerprint density at radius 3 is 2.44 bits per heavy atom. The normalized spacial score (nSPS) is 12.4. The Bertz CT molecular complexity index is 1270. The summed E-state index contributed by atoms with van der Waals surface area (Å²) in [6, 6.07) is 17.0. The fraction of sp³-hybridized carbons (Fsp3) is 0.269. The minimum Gasteiger partial charge on any atom is -0.426 e. The second-order valence-corrected chi connectivity index (χ2v) is 10.5. The van der Waals surface area contributed by atoms with Crippen LogP contribution in [0.5, 0.6) is 5.75 Å². The molecule has 0 aliphatic carbocycles. The fourth-order valence-corrected chi connectivity index (χ4v) is 5.36. The standard InChI is InChI=1S/C26H28ClNO5S/c1-17-7-12-25(18(2)26(17)33-19(3)29)34(31,32)23-10-8-20(9-11-23)13-14-28-16-24(30)21-5-4-6-22(27)15-21/h4-12,15,24,28,30H,13-14,16H2,1-3H3/t24-/m1/s1. The van der Waals surface area contributed by atoms with Crippen LogP contribution in [0, 0.1) is 13.8 Å². The maximum absolute atomic E-state index is 13.2.